The van der Waals surface area contributed by atoms with E-state index in [1.165, 1.54) is 18.2 Å². The van der Waals surface area contributed by atoms with Gasteiger partial charge in [0.05, 0.1) is 10.5 Å². The van der Waals surface area contributed by atoms with Crippen LogP contribution in [0.5, 0.6) is 0 Å². The van der Waals surface area contributed by atoms with Crippen LogP contribution in [0.4, 0.5) is 11.4 Å². The first-order valence-electron chi connectivity index (χ1n) is 8.45. The Morgan fingerprint density at radius 3 is 2.64 bits per heavy atom. The number of benzene rings is 1. The minimum Gasteiger partial charge on any atom is -0.452 e. The summed E-state index contributed by atoms with van der Waals surface area (Å²) < 4.78 is 4.96. The fourth-order valence-corrected chi connectivity index (χ4v) is 2.60. The lowest BCUT2D eigenvalue weighted by molar-refractivity contribution is -0.384. The van der Waals surface area contributed by atoms with Gasteiger partial charge in [0.15, 0.2) is 6.61 Å². The molecule has 2 fully saturated rings. The molecule has 2 saturated carbocycles. The van der Waals surface area contributed by atoms with E-state index >= 15 is 0 Å². The molecule has 2 aliphatic carbocycles. The molecule has 1 atom stereocenters. The molecule has 0 spiro atoms. The van der Waals surface area contributed by atoms with Crippen molar-refractivity contribution in [1.82, 2.24) is 5.32 Å². The van der Waals surface area contributed by atoms with Gasteiger partial charge in [-0.1, -0.05) is 0 Å². The van der Waals surface area contributed by atoms with Gasteiger partial charge in [-0.3, -0.25) is 14.9 Å². The van der Waals surface area contributed by atoms with E-state index in [4.69, 9.17) is 4.74 Å². The van der Waals surface area contributed by atoms with E-state index in [2.05, 4.69) is 10.6 Å². The predicted molar refractivity (Wildman–Crippen MR) is 90.4 cm³/mol. The number of rotatable bonds is 8. The maximum Gasteiger partial charge on any atom is 0.338 e. The number of anilines is 1. The Balaban J connectivity index is 1.58. The van der Waals surface area contributed by atoms with Crippen LogP contribution in [0.2, 0.25) is 0 Å². The van der Waals surface area contributed by atoms with Crippen LogP contribution in [0.25, 0.3) is 0 Å². The number of carbonyl (C=O) groups excluding carboxylic acids is 2. The molecule has 0 saturated heterocycles. The van der Waals surface area contributed by atoms with Crippen molar-refractivity contribution in [3.8, 4) is 0 Å². The number of nitro benzene ring substituents is 1. The molecule has 1 aromatic carbocycles. The Morgan fingerprint density at radius 1 is 1.32 bits per heavy atom. The third-order valence-corrected chi connectivity index (χ3v) is 4.42. The van der Waals surface area contributed by atoms with Crippen molar-refractivity contribution in [3.63, 3.8) is 0 Å². The molecule has 1 amide bonds. The smallest absolute Gasteiger partial charge is 0.338 e. The zero-order valence-corrected chi connectivity index (χ0v) is 14.0. The maximum absolute atomic E-state index is 12.1. The number of carbonyl (C=O) groups is 2. The molecule has 8 nitrogen and oxygen atoms in total. The summed E-state index contributed by atoms with van der Waals surface area (Å²) in [5.41, 5.74) is 0.268. The third kappa shape index (κ3) is 4.68. The third-order valence-electron chi connectivity index (χ3n) is 4.42. The van der Waals surface area contributed by atoms with Crippen molar-refractivity contribution in [2.24, 2.45) is 5.92 Å². The van der Waals surface area contributed by atoms with Crippen molar-refractivity contribution in [2.45, 2.75) is 44.7 Å². The van der Waals surface area contributed by atoms with E-state index in [1.54, 1.807) is 0 Å². The molecule has 0 heterocycles. The Kier molecular flexibility index (Phi) is 4.87. The van der Waals surface area contributed by atoms with Gasteiger partial charge in [0.2, 0.25) is 0 Å². The zero-order valence-electron chi connectivity index (χ0n) is 14.0. The Hall–Kier alpha value is -2.64. The summed E-state index contributed by atoms with van der Waals surface area (Å²) in [6.45, 7) is 1.53. The van der Waals surface area contributed by atoms with Gasteiger partial charge in [0.1, 0.15) is 5.69 Å². The largest absolute Gasteiger partial charge is 0.452 e. The van der Waals surface area contributed by atoms with Gasteiger partial charge in [0, 0.05) is 18.2 Å². The summed E-state index contributed by atoms with van der Waals surface area (Å²) in [5, 5.41) is 17.0. The van der Waals surface area contributed by atoms with E-state index in [1.807, 2.05) is 6.92 Å². The van der Waals surface area contributed by atoms with Crippen LogP contribution >= 0.6 is 0 Å². The molecule has 2 N–H and O–H groups in total. The lowest BCUT2D eigenvalue weighted by Crippen LogP contribution is -2.37. The van der Waals surface area contributed by atoms with Crippen LogP contribution < -0.4 is 10.6 Å². The standard InChI is InChI=1S/C17H21N3O5/c1-10(11-2-3-11)18-16(21)9-25-17(22)12-4-7-14(19-13-5-6-13)15(8-12)20(23)24/h4,7-8,10-11,13,19H,2-3,5-6,9H2,1H3,(H,18,21)/t10-/m0/s1. The molecular weight excluding hydrogens is 326 g/mol. The van der Waals surface area contributed by atoms with Crippen molar-refractivity contribution >= 4 is 23.3 Å². The summed E-state index contributed by atoms with van der Waals surface area (Å²) >= 11 is 0. The number of amides is 1. The lowest BCUT2D eigenvalue weighted by Gasteiger charge is -2.13. The average molecular weight is 347 g/mol. The second-order valence-electron chi connectivity index (χ2n) is 6.68. The highest BCUT2D eigenvalue weighted by Crippen LogP contribution is 2.32. The van der Waals surface area contributed by atoms with Crippen molar-refractivity contribution in [2.75, 3.05) is 11.9 Å². The van der Waals surface area contributed by atoms with Crippen LogP contribution in [0, 0.1) is 16.0 Å². The molecule has 0 radical (unpaired) electrons. The van der Waals surface area contributed by atoms with Gasteiger partial charge < -0.3 is 15.4 Å². The first kappa shape index (κ1) is 17.2. The Morgan fingerprint density at radius 2 is 2.04 bits per heavy atom. The maximum atomic E-state index is 12.1. The molecule has 0 aromatic heterocycles. The summed E-state index contributed by atoms with van der Waals surface area (Å²) in [6, 6.07) is 4.47. The molecule has 1 aromatic rings. The molecule has 134 valence electrons. The second kappa shape index (κ2) is 7.08. The second-order valence-corrected chi connectivity index (χ2v) is 6.68. The highest BCUT2D eigenvalue weighted by atomic mass is 16.6. The normalized spacial score (nSPS) is 17.5. The Bertz CT molecular complexity index is 698. The minimum absolute atomic E-state index is 0.0519. The molecule has 3 rings (SSSR count). The Labute approximate surface area is 145 Å². The van der Waals surface area contributed by atoms with E-state index in [-0.39, 0.29) is 29.2 Å². The highest BCUT2D eigenvalue weighted by Gasteiger charge is 2.29. The lowest BCUT2D eigenvalue weighted by atomic mass is 10.1. The number of ether oxygens (including phenoxy) is 1. The molecule has 0 unspecified atom stereocenters. The average Bonchev–Trinajstić information content (AvgIpc) is 3.45. The number of nitro groups is 1. The zero-order chi connectivity index (χ0) is 18.0. The number of nitrogens with one attached hydrogen (secondary N) is 2. The van der Waals surface area contributed by atoms with Crippen molar-refractivity contribution in [3.05, 3.63) is 33.9 Å². The van der Waals surface area contributed by atoms with Crippen LogP contribution in [0.3, 0.4) is 0 Å². The van der Waals surface area contributed by atoms with E-state index in [0.29, 0.717) is 11.6 Å². The van der Waals surface area contributed by atoms with Crippen LogP contribution in [-0.4, -0.2) is 35.5 Å². The molecule has 25 heavy (non-hydrogen) atoms. The van der Waals surface area contributed by atoms with Crippen LogP contribution in [-0.2, 0) is 9.53 Å². The van der Waals surface area contributed by atoms with Crippen molar-refractivity contribution in [1.29, 1.82) is 0 Å². The van der Waals surface area contributed by atoms with E-state index < -0.39 is 17.5 Å². The number of hydrogen-bond acceptors (Lipinski definition) is 6. The SMILES string of the molecule is C[C@H](NC(=O)COC(=O)c1ccc(NC2CC2)c([N+](=O)[O-])c1)C1CC1. The first-order valence-corrected chi connectivity index (χ1v) is 8.45. The van der Waals surface area contributed by atoms with Gasteiger partial charge in [-0.25, -0.2) is 4.79 Å². The number of hydrogen-bond donors (Lipinski definition) is 2. The van der Waals surface area contributed by atoms with Crippen LogP contribution in [0.15, 0.2) is 18.2 Å². The summed E-state index contributed by atoms with van der Waals surface area (Å²) in [6.07, 6.45) is 4.17. The fraction of sp³-hybridized carbons (Fsp3) is 0.529. The first-order chi connectivity index (χ1) is 11.9. The van der Waals surface area contributed by atoms with E-state index in [0.717, 1.165) is 25.7 Å². The molecule has 2 aliphatic rings. The summed E-state index contributed by atoms with van der Waals surface area (Å²) in [4.78, 5) is 34.5. The van der Waals surface area contributed by atoms with Gasteiger partial charge in [-0.15, -0.1) is 0 Å². The minimum atomic E-state index is -0.754. The number of nitrogens with zero attached hydrogens (tertiary/aromatic N) is 1. The topological polar surface area (TPSA) is 111 Å². The quantitative estimate of drug-likeness (QED) is 0.424. The van der Waals surface area contributed by atoms with Gasteiger partial charge in [0.25, 0.3) is 11.6 Å². The predicted octanol–water partition coefficient (Wildman–Crippen LogP) is 2.24. The fourth-order valence-electron chi connectivity index (χ4n) is 2.60. The summed E-state index contributed by atoms with van der Waals surface area (Å²) in [7, 11) is 0. The summed E-state index contributed by atoms with van der Waals surface area (Å²) in [5.74, 6) is -0.613. The van der Waals surface area contributed by atoms with Gasteiger partial charge in [-0.2, -0.15) is 0 Å². The molecule has 0 aliphatic heterocycles. The molecule has 0 bridgehead atoms. The molecular formula is C17H21N3O5. The van der Waals surface area contributed by atoms with Crippen LogP contribution in [0.1, 0.15) is 43.0 Å². The monoisotopic (exact) mass is 347 g/mol. The molecule has 8 heteroatoms. The van der Waals surface area contributed by atoms with E-state index in [9.17, 15) is 19.7 Å². The number of esters is 1. The highest BCUT2D eigenvalue weighted by molar-refractivity contribution is 5.93. The van der Waals surface area contributed by atoms with Crippen molar-refractivity contribution < 1.29 is 19.2 Å². The van der Waals surface area contributed by atoms with Gasteiger partial charge in [-0.05, 0) is 50.7 Å². The van der Waals surface area contributed by atoms with Gasteiger partial charge >= 0.3 is 5.97 Å².